The van der Waals surface area contributed by atoms with E-state index in [4.69, 9.17) is 4.74 Å². The number of hydrogen-bond donors (Lipinski definition) is 1. The number of halogens is 1. The van der Waals surface area contributed by atoms with E-state index >= 15 is 0 Å². The molecule has 1 aromatic carbocycles. The second-order valence-electron chi connectivity index (χ2n) is 5.49. The molecule has 0 aliphatic carbocycles. The summed E-state index contributed by atoms with van der Waals surface area (Å²) in [5, 5.41) is 3.72. The van der Waals surface area contributed by atoms with Crippen LogP contribution in [0, 0.1) is 5.92 Å². The summed E-state index contributed by atoms with van der Waals surface area (Å²) in [6.07, 6.45) is 3.65. The second kappa shape index (κ2) is 5.62. The maximum Gasteiger partial charge on any atom is 0.133 e. The highest BCUT2D eigenvalue weighted by molar-refractivity contribution is 9.10. The third-order valence-corrected chi connectivity index (χ3v) is 4.74. The van der Waals surface area contributed by atoms with Crippen molar-refractivity contribution in [2.75, 3.05) is 13.7 Å². The lowest BCUT2D eigenvalue weighted by Crippen LogP contribution is -2.46. The lowest BCUT2D eigenvalue weighted by atomic mass is 9.80. The van der Waals surface area contributed by atoms with E-state index in [1.807, 2.05) is 6.07 Å². The summed E-state index contributed by atoms with van der Waals surface area (Å²) in [6.45, 7) is 5.78. The van der Waals surface area contributed by atoms with E-state index < -0.39 is 0 Å². The van der Waals surface area contributed by atoms with Crippen molar-refractivity contribution in [2.24, 2.45) is 5.92 Å². The van der Waals surface area contributed by atoms with E-state index in [1.165, 1.54) is 18.4 Å². The van der Waals surface area contributed by atoms with Crippen LogP contribution in [0.15, 0.2) is 22.7 Å². The topological polar surface area (TPSA) is 21.3 Å². The van der Waals surface area contributed by atoms with E-state index in [9.17, 15) is 0 Å². The van der Waals surface area contributed by atoms with Crippen molar-refractivity contribution in [2.45, 2.75) is 38.6 Å². The maximum absolute atomic E-state index is 5.28. The first-order valence-corrected chi connectivity index (χ1v) is 7.44. The third kappa shape index (κ3) is 2.72. The molecule has 18 heavy (non-hydrogen) atoms. The predicted molar refractivity (Wildman–Crippen MR) is 79.2 cm³/mol. The van der Waals surface area contributed by atoms with Gasteiger partial charge in [0.25, 0.3) is 0 Å². The van der Waals surface area contributed by atoms with Gasteiger partial charge in [-0.15, -0.1) is 0 Å². The van der Waals surface area contributed by atoms with E-state index in [0.29, 0.717) is 5.92 Å². The molecular weight excluding hydrogens is 290 g/mol. The van der Waals surface area contributed by atoms with Crippen LogP contribution in [-0.2, 0) is 6.42 Å². The molecule has 2 rings (SSSR count). The Kier molecular flexibility index (Phi) is 4.33. The number of methoxy groups -OCH3 is 1. The Morgan fingerprint density at radius 2 is 2.22 bits per heavy atom. The van der Waals surface area contributed by atoms with Gasteiger partial charge in [-0.1, -0.05) is 19.9 Å². The Balaban J connectivity index is 2.19. The molecule has 1 aliphatic rings. The zero-order chi connectivity index (χ0) is 13.2. The van der Waals surface area contributed by atoms with Crippen LogP contribution in [0.4, 0.5) is 0 Å². The summed E-state index contributed by atoms with van der Waals surface area (Å²) >= 11 is 3.57. The fraction of sp³-hybridized carbons (Fsp3) is 0.600. The predicted octanol–water partition coefficient (Wildman–Crippen LogP) is 3.78. The molecule has 1 saturated heterocycles. The number of nitrogens with one attached hydrogen (secondary N) is 1. The Labute approximate surface area is 118 Å². The molecule has 3 heteroatoms. The Morgan fingerprint density at radius 1 is 1.44 bits per heavy atom. The molecule has 0 aromatic heterocycles. The molecule has 1 aromatic rings. The molecule has 0 bridgehead atoms. The molecule has 1 N–H and O–H groups in total. The molecule has 0 saturated carbocycles. The minimum absolute atomic E-state index is 0.272. The molecule has 0 amide bonds. The van der Waals surface area contributed by atoms with Crippen LogP contribution in [0.1, 0.15) is 32.3 Å². The van der Waals surface area contributed by atoms with Gasteiger partial charge in [-0.25, -0.2) is 0 Å². The molecule has 2 nitrogen and oxygen atoms in total. The van der Waals surface area contributed by atoms with E-state index in [2.05, 4.69) is 47.2 Å². The lowest BCUT2D eigenvalue weighted by Gasteiger charge is -2.34. The smallest absolute Gasteiger partial charge is 0.133 e. The molecule has 1 unspecified atom stereocenters. The average Bonchev–Trinajstić information content (AvgIpc) is 2.79. The van der Waals surface area contributed by atoms with Crippen molar-refractivity contribution in [3.63, 3.8) is 0 Å². The first-order chi connectivity index (χ1) is 8.57. The molecule has 1 heterocycles. The van der Waals surface area contributed by atoms with E-state index in [-0.39, 0.29) is 5.54 Å². The summed E-state index contributed by atoms with van der Waals surface area (Å²) < 4.78 is 6.32. The second-order valence-corrected chi connectivity index (χ2v) is 6.34. The van der Waals surface area contributed by atoms with Gasteiger partial charge in [0, 0.05) is 5.54 Å². The fourth-order valence-electron chi connectivity index (χ4n) is 2.86. The summed E-state index contributed by atoms with van der Waals surface area (Å²) in [5.41, 5.74) is 1.64. The highest BCUT2D eigenvalue weighted by Crippen LogP contribution is 2.33. The lowest BCUT2D eigenvalue weighted by molar-refractivity contribution is 0.269. The van der Waals surface area contributed by atoms with Crippen molar-refractivity contribution in [3.8, 4) is 5.75 Å². The van der Waals surface area contributed by atoms with Gasteiger partial charge in [-0.2, -0.15) is 0 Å². The number of benzene rings is 1. The summed E-state index contributed by atoms with van der Waals surface area (Å²) in [4.78, 5) is 0. The number of ether oxygens (including phenoxy) is 1. The first kappa shape index (κ1) is 13.9. The van der Waals surface area contributed by atoms with Crippen LogP contribution in [-0.4, -0.2) is 19.2 Å². The highest BCUT2D eigenvalue weighted by atomic mass is 79.9. The minimum Gasteiger partial charge on any atom is -0.496 e. The molecule has 1 atom stereocenters. The average molecular weight is 312 g/mol. The monoisotopic (exact) mass is 311 g/mol. The zero-order valence-corrected chi connectivity index (χ0v) is 13.0. The van der Waals surface area contributed by atoms with Gasteiger partial charge in [-0.3, -0.25) is 0 Å². The van der Waals surface area contributed by atoms with E-state index in [0.717, 1.165) is 23.2 Å². The van der Waals surface area contributed by atoms with Crippen LogP contribution < -0.4 is 10.1 Å². The Hall–Kier alpha value is -0.540. The van der Waals surface area contributed by atoms with Crippen LogP contribution >= 0.6 is 15.9 Å². The SMILES string of the molecule is COc1ccc(CC2(C(C)C)CCCN2)cc1Br. The standard InChI is InChI=1S/C15H22BrNO/c1-11(2)15(7-4-8-17-15)10-12-5-6-14(18-3)13(16)9-12/h5-6,9,11,17H,4,7-8,10H2,1-3H3. The van der Waals surface area contributed by atoms with Crippen LogP contribution in [0.2, 0.25) is 0 Å². The summed E-state index contributed by atoms with van der Waals surface area (Å²) in [7, 11) is 1.70. The van der Waals surface area contributed by atoms with Crippen molar-refractivity contribution < 1.29 is 4.74 Å². The van der Waals surface area contributed by atoms with E-state index in [1.54, 1.807) is 7.11 Å². The normalized spacial score (nSPS) is 23.6. The van der Waals surface area contributed by atoms with Crippen LogP contribution in [0.3, 0.4) is 0 Å². The molecule has 1 fully saturated rings. The quantitative estimate of drug-likeness (QED) is 0.913. The van der Waals surface area contributed by atoms with Gasteiger partial charge >= 0.3 is 0 Å². The fourth-order valence-corrected chi connectivity index (χ4v) is 3.45. The largest absolute Gasteiger partial charge is 0.496 e. The van der Waals surface area contributed by atoms with Crippen LogP contribution in [0.25, 0.3) is 0 Å². The zero-order valence-electron chi connectivity index (χ0n) is 11.4. The van der Waals surface area contributed by atoms with Gasteiger partial charge in [0.15, 0.2) is 0 Å². The van der Waals surface area contributed by atoms with Gasteiger partial charge in [-0.05, 0) is 65.4 Å². The number of rotatable bonds is 4. The molecule has 0 radical (unpaired) electrons. The van der Waals surface area contributed by atoms with Gasteiger partial charge < -0.3 is 10.1 Å². The van der Waals surface area contributed by atoms with Crippen LogP contribution in [0.5, 0.6) is 5.75 Å². The Morgan fingerprint density at radius 3 is 2.72 bits per heavy atom. The van der Waals surface area contributed by atoms with Crippen molar-refractivity contribution >= 4 is 15.9 Å². The minimum atomic E-state index is 0.272. The molecule has 100 valence electrons. The molecule has 0 spiro atoms. The van der Waals surface area contributed by atoms with Crippen molar-refractivity contribution in [1.29, 1.82) is 0 Å². The van der Waals surface area contributed by atoms with Gasteiger partial charge in [0.2, 0.25) is 0 Å². The van der Waals surface area contributed by atoms with Crippen molar-refractivity contribution in [3.05, 3.63) is 28.2 Å². The number of hydrogen-bond acceptors (Lipinski definition) is 2. The van der Waals surface area contributed by atoms with Gasteiger partial charge in [0.05, 0.1) is 11.6 Å². The summed E-state index contributed by atoms with van der Waals surface area (Å²) in [6, 6.07) is 6.40. The Bertz CT molecular complexity index is 411. The third-order valence-electron chi connectivity index (χ3n) is 4.12. The molecular formula is C15H22BrNO. The molecule has 1 aliphatic heterocycles. The highest BCUT2D eigenvalue weighted by Gasteiger charge is 2.36. The van der Waals surface area contributed by atoms with Crippen molar-refractivity contribution in [1.82, 2.24) is 5.32 Å². The summed E-state index contributed by atoms with van der Waals surface area (Å²) in [5.74, 6) is 1.55. The maximum atomic E-state index is 5.28. The first-order valence-electron chi connectivity index (χ1n) is 6.65. The van der Waals surface area contributed by atoms with Gasteiger partial charge in [0.1, 0.15) is 5.75 Å².